The van der Waals surface area contributed by atoms with Crippen molar-refractivity contribution in [3.63, 3.8) is 0 Å². The van der Waals surface area contributed by atoms with Crippen LogP contribution in [0.3, 0.4) is 0 Å². The Morgan fingerprint density at radius 3 is 2.19 bits per heavy atom. The Kier molecular flexibility index (Phi) is 9.01. The molecule has 0 N–H and O–H groups in total. The maximum atomic E-state index is 13.9. The van der Waals surface area contributed by atoms with Gasteiger partial charge in [-0.1, -0.05) is 55.7 Å². The Hall–Kier alpha value is -3.32. The Balaban J connectivity index is 1.61. The number of carbonyl (C=O) groups is 2. The van der Waals surface area contributed by atoms with E-state index in [9.17, 15) is 9.59 Å². The summed E-state index contributed by atoms with van der Waals surface area (Å²) < 4.78 is 10.8. The summed E-state index contributed by atoms with van der Waals surface area (Å²) >= 11 is 1.64. The molecule has 1 aliphatic carbocycles. The molecule has 0 saturated heterocycles. The Labute approximate surface area is 217 Å². The summed E-state index contributed by atoms with van der Waals surface area (Å²) in [6.07, 6.45) is 5.10. The minimum absolute atomic E-state index is 0.0349. The molecule has 3 aromatic rings. The molecule has 0 spiro atoms. The van der Waals surface area contributed by atoms with E-state index in [4.69, 9.17) is 9.47 Å². The Morgan fingerprint density at radius 1 is 0.889 bits per heavy atom. The van der Waals surface area contributed by atoms with E-state index in [1.165, 1.54) is 0 Å². The van der Waals surface area contributed by atoms with E-state index in [1.54, 1.807) is 48.7 Å². The summed E-state index contributed by atoms with van der Waals surface area (Å²) in [5, 5.41) is 2.02. The maximum Gasteiger partial charge on any atom is 0.254 e. The number of carbonyl (C=O) groups excluding carboxylic acids is 2. The highest BCUT2D eigenvalue weighted by molar-refractivity contribution is 7.09. The molecule has 0 atom stereocenters. The minimum Gasteiger partial charge on any atom is -0.497 e. The standard InChI is InChI=1S/C29H34N2O4S/c1-34-25-16-23(17-26(18-25)35-2)29(33)31(24-12-7-4-8-13-24)21-28(32)30(20-27-14-9-15-36-27)19-22-10-5-3-6-11-22/h3,5-6,9-11,14-18,24H,4,7-8,12-13,19-21H2,1-2H3. The summed E-state index contributed by atoms with van der Waals surface area (Å²) in [7, 11) is 3.13. The van der Waals surface area contributed by atoms with Gasteiger partial charge in [-0.05, 0) is 42.0 Å². The molecule has 1 aromatic heterocycles. The number of hydrogen-bond acceptors (Lipinski definition) is 5. The zero-order valence-electron chi connectivity index (χ0n) is 21.0. The lowest BCUT2D eigenvalue weighted by atomic mass is 9.93. The van der Waals surface area contributed by atoms with Gasteiger partial charge in [-0.15, -0.1) is 11.3 Å². The largest absolute Gasteiger partial charge is 0.497 e. The molecule has 0 radical (unpaired) electrons. The maximum absolute atomic E-state index is 13.9. The second-order valence-electron chi connectivity index (χ2n) is 9.14. The van der Waals surface area contributed by atoms with Crippen molar-refractivity contribution in [2.75, 3.05) is 20.8 Å². The van der Waals surface area contributed by atoms with E-state index in [0.717, 1.165) is 42.5 Å². The van der Waals surface area contributed by atoms with Crippen LogP contribution in [0.2, 0.25) is 0 Å². The molecule has 1 heterocycles. The van der Waals surface area contributed by atoms with Crippen LogP contribution in [0.25, 0.3) is 0 Å². The van der Waals surface area contributed by atoms with Gasteiger partial charge in [0, 0.05) is 29.1 Å². The van der Waals surface area contributed by atoms with Gasteiger partial charge in [0.2, 0.25) is 5.91 Å². The van der Waals surface area contributed by atoms with Crippen LogP contribution in [-0.2, 0) is 17.9 Å². The van der Waals surface area contributed by atoms with E-state index in [1.807, 2.05) is 52.7 Å². The zero-order valence-corrected chi connectivity index (χ0v) is 21.8. The van der Waals surface area contributed by atoms with Gasteiger partial charge in [-0.2, -0.15) is 0 Å². The van der Waals surface area contributed by atoms with Crippen molar-refractivity contribution in [1.29, 1.82) is 0 Å². The van der Waals surface area contributed by atoms with Crippen LogP contribution in [0.1, 0.15) is 52.9 Å². The molecule has 4 rings (SSSR count). The van der Waals surface area contributed by atoms with Crippen molar-refractivity contribution >= 4 is 23.2 Å². The molecule has 1 fully saturated rings. The fourth-order valence-electron chi connectivity index (χ4n) is 4.73. The van der Waals surface area contributed by atoms with Gasteiger partial charge >= 0.3 is 0 Å². The van der Waals surface area contributed by atoms with E-state index in [2.05, 4.69) is 0 Å². The van der Waals surface area contributed by atoms with Crippen LogP contribution < -0.4 is 9.47 Å². The van der Waals surface area contributed by atoms with E-state index in [0.29, 0.717) is 30.2 Å². The quantitative estimate of drug-likeness (QED) is 0.350. The third-order valence-corrected chi connectivity index (χ3v) is 7.54. The first kappa shape index (κ1) is 25.8. The topological polar surface area (TPSA) is 59.1 Å². The first-order valence-electron chi connectivity index (χ1n) is 12.5. The monoisotopic (exact) mass is 506 g/mol. The van der Waals surface area contributed by atoms with Crippen LogP contribution in [-0.4, -0.2) is 48.4 Å². The Bertz CT molecular complexity index is 1110. The predicted octanol–water partition coefficient (Wildman–Crippen LogP) is 5.77. The number of thiophene rings is 1. The molecule has 0 aliphatic heterocycles. The van der Waals surface area contributed by atoms with Gasteiger partial charge in [-0.3, -0.25) is 9.59 Å². The average molecular weight is 507 g/mol. The van der Waals surface area contributed by atoms with Gasteiger partial charge < -0.3 is 19.3 Å². The normalized spacial score (nSPS) is 13.7. The van der Waals surface area contributed by atoms with Crippen molar-refractivity contribution in [3.8, 4) is 11.5 Å². The third-order valence-electron chi connectivity index (χ3n) is 6.68. The van der Waals surface area contributed by atoms with Crippen molar-refractivity contribution in [1.82, 2.24) is 9.80 Å². The van der Waals surface area contributed by atoms with Crippen LogP contribution >= 0.6 is 11.3 Å². The smallest absolute Gasteiger partial charge is 0.254 e. The highest BCUT2D eigenvalue weighted by Crippen LogP contribution is 2.28. The highest BCUT2D eigenvalue weighted by Gasteiger charge is 2.30. The molecule has 7 heteroatoms. The lowest BCUT2D eigenvalue weighted by Crippen LogP contribution is -2.48. The van der Waals surface area contributed by atoms with Gasteiger partial charge in [0.15, 0.2) is 0 Å². The molecule has 6 nitrogen and oxygen atoms in total. The summed E-state index contributed by atoms with van der Waals surface area (Å²) in [6.45, 7) is 1.06. The number of ether oxygens (including phenoxy) is 2. The Morgan fingerprint density at radius 2 is 1.58 bits per heavy atom. The first-order valence-corrected chi connectivity index (χ1v) is 13.3. The molecule has 190 valence electrons. The third kappa shape index (κ3) is 6.66. The number of nitrogens with zero attached hydrogens (tertiary/aromatic N) is 2. The van der Waals surface area contributed by atoms with Gasteiger partial charge in [0.1, 0.15) is 18.0 Å². The van der Waals surface area contributed by atoms with Gasteiger partial charge in [0.05, 0.1) is 20.8 Å². The average Bonchev–Trinajstić information content (AvgIpc) is 3.44. The molecule has 2 amide bonds. The fourth-order valence-corrected chi connectivity index (χ4v) is 5.45. The van der Waals surface area contributed by atoms with Gasteiger partial charge in [-0.25, -0.2) is 0 Å². The number of benzene rings is 2. The van der Waals surface area contributed by atoms with Crippen LogP contribution in [0, 0.1) is 0 Å². The fraction of sp³-hybridized carbons (Fsp3) is 0.379. The van der Waals surface area contributed by atoms with Crippen molar-refractivity contribution in [2.24, 2.45) is 0 Å². The number of hydrogen-bond donors (Lipinski definition) is 0. The molecular formula is C29H34N2O4S. The lowest BCUT2D eigenvalue weighted by molar-refractivity contribution is -0.133. The predicted molar refractivity (Wildman–Crippen MR) is 142 cm³/mol. The number of amides is 2. The molecule has 1 aliphatic rings. The second-order valence-corrected chi connectivity index (χ2v) is 10.2. The minimum atomic E-state index is -0.164. The second kappa shape index (κ2) is 12.6. The molecule has 0 bridgehead atoms. The number of rotatable bonds is 10. The lowest BCUT2D eigenvalue weighted by Gasteiger charge is -2.35. The van der Waals surface area contributed by atoms with Crippen LogP contribution in [0.4, 0.5) is 0 Å². The number of methoxy groups -OCH3 is 2. The van der Waals surface area contributed by atoms with Crippen LogP contribution in [0.15, 0.2) is 66.0 Å². The first-order chi connectivity index (χ1) is 17.6. The van der Waals surface area contributed by atoms with E-state index in [-0.39, 0.29) is 24.4 Å². The summed E-state index contributed by atoms with van der Waals surface area (Å²) in [5.41, 5.74) is 1.54. The van der Waals surface area contributed by atoms with Crippen molar-refractivity contribution in [3.05, 3.63) is 82.0 Å². The van der Waals surface area contributed by atoms with Crippen molar-refractivity contribution in [2.45, 2.75) is 51.2 Å². The molecule has 36 heavy (non-hydrogen) atoms. The summed E-state index contributed by atoms with van der Waals surface area (Å²) in [6, 6.07) is 19.3. The molecular weight excluding hydrogens is 472 g/mol. The molecule has 1 saturated carbocycles. The van der Waals surface area contributed by atoms with Crippen LogP contribution in [0.5, 0.6) is 11.5 Å². The molecule has 0 unspecified atom stereocenters. The van der Waals surface area contributed by atoms with E-state index >= 15 is 0 Å². The molecule has 2 aromatic carbocycles. The summed E-state index contributed by atoms with van der Waals surface area (Å²) in [5.74, 6) is 0.885. The van der Waals surface area contributed by atoms with E-state index < -0.39 is 0 Å². The SMILES string of the molecule is COc1cc(OC)cc(C(=O)N(CC(=O)N(Cc2ccccc2)Cc2cccs2)C2CCCCC2)c1. The van der Waals surface area contributed by atoms with Crippen molar-refractivity contribution < 1.29 is 19.1 Å². The summed E-state index contributed by atoms with van der Waals surface area (Å²) in [4.78, 5) is 32.4. The highest BCUT2D eigenvalue weighted by atomic mass is 32.1. The zero-order chi connectivity index (χ0) is 25.3. The van der Waals surface area contributed by atoms with Gasteiger partial charge in [0.25, 0.3) is 5.91 Å².